The number of carbonyl (C=O) groups excluding carboxylic acids is 2. The van der Waals surface area contributed by atoms with Crippen molar-refractivity contribution in [1.82, 2.24) is 10.2 Å². The van der Waals surface area contributed by atoms with Crippen LogP contribution in [0.3, 0.4) is 0 Å². The minimum Gasteiger partial charge on any atom is -0.493 e. The fourth-order valence-corrected chi connectivity index (χ4v) is 4.87. The van der Waals surface area contributed by atoms with Crippen LogP contribution in [0.4, 0.5) is 0 Å². The number of thioether (sulfide) groups is 1. The van der Waals surface area contributed by atoms with Gasteiger partial charge in [0.15, 0.2) is 11.5 Å². The molecule has 2 heterocycles. The number of carbonyl (C=O) groups is 2. The van der Waals surface area contributed by atoms with Crippen LogP contribution in [-0.2, 0) is 9.53 Å². The Labute approximate surface area is 163 Å². The zero-order valence-electron chi connectivity index (χ0n) is 16.1. The standard InChI is InChI=1S/C19H26N2O5S/c1-11(2)26-9-5-8-20-17(22)13-10-27-19-12-6-7-14(24-3)16(25-4)15(12)18(23)21(13)19/h6-7,11,13,19H,5,8-10H2,1-4H3,(H,20,22)/t13-,19-/m0/s1. The third-order valence-electron chi connectivity index (χ3n) is 4.67. The van der Waals surface area contributed by atoms with E-state index in [1.165, 1.54) is 7.11 Å². The van der Waals surface area contributed by atoms with Crippen molar-refractivity contribution in [1.29, 1.82) is 0 Å². The molecule has 2 aliphatic rings. The van der Waals surface area contributed by atoms with E-state index < -0.39 is 6.04 Å². The lowest BCUT2D eigenvalue weighted by Crippen LogP contribution is -2.46. The van der Waals surface area contributed by atoms with E-state index in [1.807, 2.05) is 19.9 Å². The number of benzene rings is 1. The van der Waals surface area contributed by atoms with Gasteiger partial charge in [0.25, 0.3) is 5.91 Å². The highest BCUT2D eigenvalue weighted by atomic mass is 32.2. The number of methoxy groups -OCH3 is 2. The lowest BCUT2D eigenvalue weighted by Gasteiger charge is -2.22. The summed E-state index contributed by atoms with van der Waals surface area (Å²) in [5, 5.41) is 2.77. The van der Waals surface area contributed by atoms with Crippen LogP contribution in [-0.4, -0.2) is 62.0 Å². The van der Waals surface area contributed by atoms with E-state index in [0.29, 0.717) is 36.0 Å². The molecule has 0 bridgehead atoms. The molecule has 0 unspecified atom stereocenters. The van der Waals surface area contributed by atoms with E-state index in [1.54, 1.807) is 29.8 Å². The quantitative estimate of drug-likeness (QED) is 0.681. The van der Waals surface area contributed by atoms with Gasteiger partial charge in [-0.15, -0.1) is 11.8 Å². The first-order valence-corrected chi connectivity index (χ1v) is 10.1. The molecule has 1 aromatic rings. The summed E-state index contributed by atoms with van der Waals surface area (Å²) in [6.45, 7) is 5.09. The van der Waals surface area contributed by atoms with Crippen molar-refractivity contribution in [2.75, 3.05) is 33.1 Å². The van der Waals surface area contributed by atoms with Crippen LogP contribution in [0, 0.1) is 0 Å². The molecule has 0 radical (unpaired) electrons. The van der Waals surface area contributed by atoms with E-state index in [2.05, 4.69) is 5.32 Å². The maximum atomic E-state index is 13.1. The highest BCUT2D eigenvalue weighted by Crippen LogP contribution is 2.52. The molecule has 148 valence electrons. The minimum absolute atomic E-state index is 0.123. The van der Waals surface area contributed by atoms with Crippen molar-refractivity contribution >= 4 is 23.6 Å². The third kappa shape index (κ3) is 3.73. The second-order valence-electron chi connectivity index (χ2n) is 6.74. The molecular weight excluding hydrogens is 368 g/mol. The summed E-state index contributed by atoms with van der Waals surface area (Å²) >= 11 is 1.60. The highest BCUT2D eigenvalue weighted by molar-refractivity contribution is 7.99. The number of nitrogens with zero attached hydrogens (tertiary/aromatic N) is 1. The Morgan fingerprint density at radius 3 is 2.78 bits per heavy atom. The maximum absolute atomic E-state index is 13.1. The number of fused-ring (bicyclic) bond motifs is 3. The minimum atomic E-state index is -0.485. The molecule has 7 nitrogen and oxygen atoms in total. The van der Waals surface area contributed by atoms with Crippen molar-refractivity contribution < 1.29 is 23.8 Å². The van der Waals surface area contributed by atoms with Gasteiger partial charge in [-0.05, 0) is 26.3 Å². The first-order chi connectivity index (χ1) is 13.0. The molecule has 3 rings (SSSR count). The van der Waals surface area contributed by atoms with E-state index in [0.717, 1.165) is 12.0 Å². The molecule has 8 heteroatoms. The van der Waals surface area contributed by atoms with Crippen molar-refractivity contribution in [3.8, 4) is 11.5 Å². The molecule has 0 saturated carbocycles. The van der Waals surface area contributed by atoms with Gasteiger partial charge < -0.3 is 24.4 Å². The molecule has 2 aliphatic heterocycles. The Hall–Kier alpha value is -1.93. The fourth-order valence-electron chi connectivity index (χ4n) is 3.41. The number of ether oxygens (including phenoxy) is 3. The van der Waals surface area contributed by atoms with Gasteiger partial charge >= 0.3 is 0 Å². The molecule has 2 amide bonds. The van der Waals surface area contributed by atoms with Gasteiger partial charge in [-0.2, -0.15) is 0 Å². The van der Waals surface area contributed by atoms with E-state index in [9.17, 15) is 9.59 Å². The predicted octanol–water partition coefficient (Wildman–Crippen LogP) is 2.20. The smallest absolute Gasteiger partial charge is 0.260 e. The molecule has 1 saturated heterocycles. The average Bonchev–Trinajstić information content (AvgIpc) is 3.20. The molecule has 27 heavy (non-hydrogen) atoms. The van der Waals surface area contributed by atoms with Crippen molar-refractivity contribution in [2.24, 2.45) is 0 Å². The van der Waals surface area contributed by atoms with Gasteiger partial charge in [-0.3, -0.25) is 9.59 Å². The first kappa shape index (κ1) is 19.8. The summed E-state index contributed by atoms with van der Waals surface area (Å²) in [5.41, 5.74) is 1.38. The zero-order chi connectivity index (χ0) is 19.6. The number of rotatable bonds is 8. The monoisotopic (exact) mass is 394 g/mol. The number of hydrogen-bond acceptors (Lipinski definition) is 6. The van der Waals surface area contributed by atoms with Crippen molar-refractivity contribution in [2.45, 2.75) is 37.8 Å². The van der Waals surface area contributed by atoms with E-state index in [4.69, 9.17) is 14.2 Å². The highest BCUT2D eigenvalue weighted by Gasteiger charge is 2.50. The molecule has 0 spiro atoms. The van der Waals surface area contributed by atoms with Crippen LogP contribution in [0.25, 0.3) is 0 Å². The molecule has 1 N–H and O–H groups in total. The Kier molecular flexibility index (Phi) is 6.16. The second-order valence-corrected chi connectivity index (χ2v) is 7.86. The number of nitrogens with one attached hydrogen (secondary N) is 1. The van der Waals surface area contributed by atoms with Gasteiger partial charge in [-0.1, -0.05) is 6.07 Å². The van der Waals surface area contributed by atoms with Crippen molar-refractivity contribution in [3.05, 3.63) is 23.3 Å². The lowest BCUT2D eigenvalue weighted by molar-refractivity contribution is -0.124. The summed E-state index contributed by atoms with van der Waals surface area (Å²) in [7, 11) is 3.06. The zero-order valence-corrected chi connectivity index (χ0v) is 16.9. The van der Waals surface area contributed by atoms with Crippen LogP contribution in [0.2, 0.25) is 0 Å². The lowest BCUT2D eigenvalue weighted by atomic mass is 10.1. The van der Waals surface area contributed by atoms with E-state index in [-0.39, 0.29) is 23.3 Å². The molecule has 1 fully saturated rings. The molecule has 0 aromatic heterocycles. The van der Waals surface area contributed by atoms with Crippen LogP contribution in [0.5, 0.6) is 11.5 Å². The third-order valence-corrected chi connectivity index (χ3v) is 5.97. The van der Waals surface area contributed by atoms with Crippen molar-refractivity contribution in [3.63, 3.8) is 0 Å². The Morgan fingerprint density at radius 2 is 2.11 bits per heavy atom. The van der Waals surface area contributed by atoms with E-state index >= 15 is 0 Å². The molecular formula is C19H26N2O5S. The average molecular weight is 394 g/mol. The maximum Gasteiger partial charge on any atom is 0.260 e. The molecule has 2 atom stereocenters. The first-order valence-electron chi connectivity index (χ1n) is 9.08. The number of hydrogen-bond donors (Lipinski definition) is 1. The Morgan fingerprint density at radius 1 is 1.33 bits per heavy atom. The van der Waals surface area contributed by atoms with Gasteiger partial charge in [0.1, 0.15) is 11.4 Å². The van der Waals surface area contributed by atoms with Crippen LogP contribution >= 0.6 is 11.8 Å². The van der Waals surface area contributed by atoms with Crippen LogP contribution in [0.15, 0.2) is 12.1 Å². The molecule has 1 aromatic carbocycles. The van der Waals surface area contributed by atoms with Gasteiger partial charge in [0.05, 0.1) is 25.9 Å². The fraction of sp³-hybridized carbons (Fsp3) is 0.579. The van der Waals surface area contributed by atoms with Gasteiger partial charge in [-0.25, -0.2) is 0 Å². The Bertz CT molecular complexity index is 724. The summed E-state index contributed by atoms with van der Waals surface area (Å²) in [6.07, 6.45) is 0.923. The van der Waals surface area contributed by atoms with Gasteiger partial charge in [0.2, 0.25) is 5.91 Å². The second kappa shape index (κ2) is 8.39. The van der Waals surface area contributed by atoms with Crippen LogP contribution in [0.1, 0.15) is 41.6 Å². The normalized spacial score (nSPS) is 20.6. The molecule has 0 aliphatic carbocycles. The summed E-state index contributed by atoms with van der Waals surface area (Å²) < 4.78 is 16.2. The summed E-state index contributed by atoms with van der Waals surface area (Å²) in [4.78, 5) is 27.4. The summed E-state index contributed by atoms with van der Waals surface area (Å²) in [6, 6.07) is 3.20. The Balaban J connectivity index is 1.69. The van der Waals surface area contributed by atoms with Crippen LogP contribution < -0.4 is 14.8 Å². The van der Waals surface area contributed by atoms with Gasteiger partial charge in [0, 0.05) is 24.5 Å². The SMILES string of the molecule is COc1ccc2c(c1OC)C(=O)N1[C@H](C(=O)NCCCOC(C)C)CS[C@@H]21. The summed E-state index contributed by atoms with van der Waals surface area (Å²) in [5.74, 6) is 1.22. The predicted molar refractivity (Wildman–Crippen MR) is 103 cm³/mol. The topological polar surface area (TPSA) is 77.1 Å². The largest absolute Gasteiger partial charge is 0.493 e. The number of amides is 2.